The summed E-state index contributed by atoms with van der Waals surface area (Å²) in [6.07, 6.45) is 9.21. The third-order valence-corrected chi connectivity index (χ3v) is 18.3. The van der Waals surface area contributed by atoms with E-state index in [0.717, 1.165) is 55.9 Å². The van der Waals surface area contributed by atoms with Crippen molar-refractivity contribution in [1.29, 1.82) is 0 Å². The predicted molar refractivity (Wildman–Crippen MR) is 366 cm³/mol. The summed E-state index contributed by atoms with van der Waals surface area (Å²) in [5.74, 6) is 0.223. The molecule has 1 fully saturated rings. The van der Waals surface area contributed by atoms with Crippen molar-refractivity contribution in [2.45, 2.75) is 181 Å². The van der Waals surface area contributed by atoms with Crippen LogP contribution >= 0.6 is 0 Å². The average molecular weight is 1160 g/mol. The van der Waals surface area contributed by atoms with Crippen LogP contribution in [0.4, 0.5) is 0 Å². The molecule has 2 aliphatic carbocycles. The molecular formula is C82H112N4+4. The van der Waals surface area contributed by atoms with Gasteiger partial charge in [-0.15, -0.1) is 0 Å². The molecule has 2 unspecified atom stereocenters. The summed E-state index contributed by atoms with van der Waals surface area (Å²) in [5.41, 5.74) is 19.3. The zero-order valence-corrected chi connectivity index (χ0v) is 56.7. The van der Waals surface area contributed by atoms with E-state index >= 15 is 0 Å². The minimum absolute atomic E-state index is 0.211. The van der Waals surface area contributed by atoms with Gasteiger partial charge in [0.05, 0.1) is 0 Å². The van der Waals surface area contributed by atoms with Gasteiger partial charge in [-0.1, -0.05) is 151 Å². The molecule has 10 rings (SSSR count). The van der Waals surface area contributed by atoms with Crippen molar-refractivity contribution < 1.29 is 32.0 Å². The number of aromatic nitrogens is 4. The first-order chi connectivity index (χ1) is 44.4. The number of benzene rings is 4. The van der Waals surface area contributed by atoms with Crippen LogP contribution in [-0.4, -0.2) is 0 Å². The number of nitrogens with zero attached hydrogens (tertiary/aromatic N) is 4. The van der Waals surface area contributed by atoms with Gasteiger partial charge in [0.1, 0.15) is 28.2 Å². The number of hydrogen-bond acceptors (Lipinski definition) is 0. The van der Waals surface area contributed by atoms with Gasteiger partial charge in [0.25, 0.3) is 0 Å². The minimum Gasteiger partial charge on any atom is -0.201 e. The molecule has 8 aromatic rings. The molecule has 1 saturated carbocycles. The zero-order valence-electron chi connectivity index (χ0n) is 66.7. The Morgan fingerprint density at radius 2 is 0.849 bits per heavy atom. The van der Waals surface area contributed by atoms with E-state index in [1.807, 2.05) is 80.5 Å². The fourth-order valence-electron chi connectivity index (χ4n) is 14.6. The molecule has 4 heteroatoms. The Balaban J connectivity index is 0.000000182. The Morgan fingerprint density at radius 1 is 0.430 bits per heavy atom. The van der Waals surface area contributed by atoms with E-state index in [2.05, 4.69) is 218 Å². The highest BCUT2D eigenvalue weighted by Crippen LogP contribution is 2.65. The molecule has 4 nitrogen and oxygen atoms in total. The van der Waals surface area contributed by atoms with E-state index in [4.69, 9.17) is 11.0 Å². The minimum atomic E-state index is -2.13. The molecule has 0 amide bonds. The molecule has 86 heavy (non-hydrogen) atoms. The van der Waals surface area contributed by atoms with Crippen molar-refractivity contribution in [3.05, 3.63) is 213 Å². The van der Waals surface area contributed by atoms with Crippen LogP contribution in [0.3, 0.4) is 0 Å². The number of hydrogen-bond donors (Lipinski definition) is 0. The lowest BCUT2D eigenvalue weighted by Crippen LogP contribution is -2.33. The number of rotatable bonds is 13. The van der Waals surface area contributed by atoms with E-state index in [-0.39, 0.29) is 23.7 Å². The molecule has 0 saturated heterocycles. The third-order valence-electron chi connectivity index (χ3n) is 18.3. The highest BCUT2D eigenvalue weighted by molar-refractivity contribution is 5.69. The fourth-order valence-corrected chi connectivity index (χ4v) is 14.6. The second-order valence-corrected chi connectivity index (χ2v) is 27.2. The van der Waals surface area contributed by atoms with Crippen molar-refractivity contribution in [1.82, 2.24) is 0 Å². The topological polar surface area (TPSA) is 15.5 Å². The summed E-state index contributed by atoms with van der Waals surface area (Å²) in [6, 6.07) is 43.1. The molecule has 0 spiro atoms. The molecule has 2 bridgehead atoms. The van der Waals surface area contributed by atoms with Crippen molar-refractivity contribution in [3.8, 4) is 45.0 Å². The maximum Gasteiger partial charge on any atom is 0.216 e. The van der Waals surface area contributed by atoms with Gasteiger partial charge >= 0.3 is 0 Å². The quantitative estimate of drug-likeness (QED) is 0.102. The lowest BCUT2D eigenvalue weighted by molar-refractivity contribution is -0.661. The Bertz CT molecular complexity index is 4040. The summed E-state index contributed by atoms with van der Waals surface area (Å²) < 4.78 is 90.4. The summed E-state index contributed by atoms with van der Waals surface area (Å²) in [4.78, 5) is 0. The average Bonchev–Trinajstić information content (AvgIpc) is 1.50. The van der Waals surface area contributed by atoms with Crippen molar-refractivity contribution in [2.24, 2.45) is 69.1 Å². The van der Waals surface area contributed by atoms with Gasteiger partial charge in [0.15, 0.2) is 24.8 Å². The highest BCUT2D eigenvalue weighted by Gasteiger charge is 2.54. The molecule has 2 aliphatic rings. The van der Waals surface area contributed by atoms with Gasteiger partial charge in [-0.2, -0.15) is 0 Å². The molecule has 0 N–H and O–H groups in total. The van der Waals surface area contributed by atoms with Crippen molar-refractivity contribution in [2.75, 3.05) is 0 Å². The van der Waals surface area contributed by atoms with Crippen LogP contribution < -0.4 is 18.3 Å². The van der Waals surface area contributed by atoms with Crippen molar-refractivity contribution >= 4 is 0 Å². The summed E-state index contributed by atoms with van der Waals surface area (Å²) in [5, 5.41) is 0. The molecule has 0 aliphatic heterocycles. The Labute approximate surface area is 537 Å². The largest absolute Gasteiger partial charge is 0.216 e. The molecular weight excluding hydrogens is 1040 g/mol. The first kappa shape index (κ1) is 53.7. The monoisotopic (exact) mass is 1160 g/mol. The summed E-state index contributed by atoms with van der Waals surface area (Å²) in [6.45, 7) is 34.5. The van der Waals surface area contributed by atoms with Crippen LogP contribution in [0.1, 0.15) is 214 Å². The maximum atomic E-state index is 9.36. The normalized spacial score (nSPS) is 18.9. The molecule has 2 atom stereocenters. The third kappa shape index (κ3) is 14.9. The highest BCUT2D eigenvalue weighted by atomic mass is 14.9. The van der Waals surface area contributed by atoms with Crippen LogP contribution in [0.15, 0.2) is 152 Å². The van der Waals surface area contributed by atoms with Gasteiger partial charge < -0.3 is 0 Å². The Morgan fingerprint density at radius 3 is 1.27 bits per heavy atom. The van der Waals surface area contributed by atoms with Gasteiger partial charge in [0.2, 0.25) is 22.8 Å². The fraction of sp³-hybridized carbons (Fsp3) is 0.463. The van der Waals surface area contributed by atoms with Crippen LogP contribution in [0, 0.1) is 82.3 Å². The molecule has 0 radical (unpaired) electrons. The first-order valence-corrected chi connectivity index (χ1v) is 31.8. The zero-order chi connectivity index (χ0) is 71.9. The molecule has 4 aromatic carbocycles. The SMILES string of the molecule is Cc1cc(C(C(C)C)C(C)C)ccc1-c1cccc[n+]1C.[2H]C([2H])([2H])c1ccc(-c2c3c(cc[n+]2C)C2([2H])CCC3([2H])C2(C)C)c(C)c1.[2H]C([2H])([2H])c1ccc(-c2ccc(C([2H])(C(C)C)C(C)C)cc2C)[n+](C)c1.[2H]C(c1ccc(-c2cccc[n+]2C)c(C)c1)(C(C)C)C(C)C. The molecule has 4 heterocycles. The smallest absolute Gasteiger partial charge is 0.201 e. The number of fused-ring (bicyclic) bond motifs is 5. The summed E-state index contributed by atoms with van der Waals surface area (Å²) >= 11 is 0. The van der Waals surface area contributed by atoms with E-state index in [1.54, 1.807) is 24.4 Å². The Hall–Kier alpha value is -6.52. The number of aryl methyl sites for hydroxylation is 10. The van der Waals surface area contributed by atoms with Crippen LogP contribution in [0.2, 0.25) is 0 Å². The lowest BCUT2D eigenvalue weighted by atomic mass is 9.79. The van der Waals surface area contributed by atoms with Crippen LogP contribution in [0.5, 0.6) is 0 Å². The second kappa shape index (κ2) is 28.5. The van der Waals surface area contributed by atoms with E-state index in [1.165, 1.54) is 39.2 Å². The molecule has 456 valence electrons. The van der Waals surface area contributed by atoms with Gasteiger partial charge in [0, 0.05) is 83.5 Å². The second-order valence-electron chi connectivity index (χ2n) is 27.2. The van der Waals surface area contributed by atoms with E-state index in [0.29, 0.717) is 41.7 Å². The van der Waals surface area contributed by atoms with Gasteiger partial charge in [-0.25, -0.2) is 18.3 Å². The Kier molecular flexibility index (Phi) is 17.8. The van der Waals surface area contributed by atoms with Gasteiger partial charge in [-0.3, -0.25) is 0 Å². The summed E-state index contributed by atoms with van der Waals surface area (Å²) in [7, 11) is 8.01. The first-order valence-electron chi connectivity index (χ1n) is 36.8. The van der Waals surface area contributed by atoms with Crippen LogP contribution in [0.25, 0.3) is 45.0 Å². The molecule has 4 aromatic heterocycles. The predicted octanol–water partition coefficient (Wildman–Crippen LogP) is 19.8. The lowest BCUT2D eigenvalue weighted by Gasteiger charge is -2.26. The standard InChI is InChI=1S/C21H26N.C21H30N.2C20H28N/c1-13-6-7-15(14(2)12-13)20-19-16(10-11-22(20)5)17-8-9-18(19)21(17,3)4;1-14(2)21(15(3)4)18-9-10-19(17(6)12-18)20-11-8-16(5)13-22(20)7;2*1-14(2)20(15(3)4)17-10-11-18(16(5)13-17)19-9-7-8-12-21(19)6/h6-7,10-12,17-18H,8-9H2,1-5H3;8-15,21H,1-7H3;2*7-15,20H,1-6H3/q4*+1/i1D3,17D,18D;5D3,21D;20D;. The van der Waals surface area contributed by atoms with Gasteiger partial charge in [-0.05, 0) is 212 Å². The van der Waals surface area contributed by atoms with E-state index < -0.39 is 42.7 Å². The number of pyridine rings is 4. The maximum absolute atomic E-state index is 9.36. The van der Waals surface area contributed by atoms with Crippen LogP contribution in [-0.2, 0) is 28.2 Å². The van der Waals surface area contributed by atoms with Crippen molar-refractivity contribution in [3.63, 3.8) is 0 Å². The van der Waals surface area contributed by atoms with E-state index in [9.17, 15) is 2.74 Å².